The van der Waals surface area contributed by atoms with E-state index in [9.17, 15) is 22.4 Å². The number of thiophene rings is 1. The standard InChI is InChI=1S/C22H21F4N5O2S2/c23-11-9-27-7-4-12(11)28-13-3-1-2-10-15(13)34-17(16(10)35-22(24,25)26)18-30-19(33-31-18)14-8-21(5-6-21)20(32)29-14/h1-3,11-12,14,27-28H,4-9H2,(H,29,32)/t11-,12+,14+/m0/s1. The lowest BCUT2D eigenvalue weighted by molar-refractivity contribution is -0.123. The van der Waals surface area contributed by atoms with Crippen LogP contribution in [0.25, 0.3) is 20.8 Å². The molecular formula is C22H21F4N5O2S2. The van der Waals surface area contributed by atoms with Gasteiger partial charge in [-0.3, -0.25) is 4.79 Å². The number of benzene rings is 1. The Kier molecular flexibility index (Phi) is 5.49. The number of halogens is 4. The number of carbonyl (C=O) groups is 1. The number of hydrogen-bond donors (Lipinski definition) is 3. The fraction of sp³-hybridized carbons (Fsp3) is 0.500. The average molecular weight is 528 g/mol. The van der Waals surface area contributed by atoms with Crippen molar-refractivity contribution in [1.82, 2.24) is 20.8 Å². The van der Waals surface area contributed by atoms with Crippen LogP contribution in [0.5, 0.6) is 0 Å². The van der Waals surface area contributed by atoms with Crippen LogP contribution < -0.4 is 16.0 Å². The lowest BCUT2D eigenvalue weighted by atomic mass is 10.0. The van der Waals surface area contributed by atoms with E-state index >= 15 is 0 Å². The summed E-state index contributed by atoms with van der Waals surface area (Å²) in [5.74, 6) is 0.179. The summed E-state index contributed by atoms with van der Waals surface area (Å²) in [5, 5.41) is 13.4. The number of fused-ring (bicyclic) bond motifs is 1. The molecule has 186 valence electrons. The Hall–Kier alpha value is -2.38. The Balaban J connectivity index is 1.38. The van der Waals surface area contributed by atoms with E-state index in [0.717, 1.165) is 24.2 Å². The van der Waals surface area contributed by atoms with Gasteiger partial charge in [-0.2, -0.15) is 18.2 Å². The second-order valence-corrected chi connectivity index (χ2v) is 11.3. The first-order valence-corrected chi connectivity index (χ1v) is 12.9. The van der Waals surface area contributed by atoms with Gasteiger partial charge >= 0.3 is 5.51 Å². The Bertz CT molecular complexity index is 1290. The summed E-state index contributed by atoms with van der Waals surface area (Å²) in [6.07, 6.45) is 1.61. The third-order valence-electron chi connectivity index (χ3n) is 6.82. The molecule has 0 bridgehead atoms. The Morgan fingerprint density at radius 2 is 2.11 bits per heavy atom. The number of hydrogen-bond acceptors (Lipinski definition) is 8. The normalized spacial score (nSPS) is 25.8. The second-order valence-electron chi connectivity index (χ2n) is 9.22. The van der Waals surface area contributed by atoms with Gasteiger partial charge < -0.3 is 20.5 Å². The molecule has 3 atom stereocenters. The Morgan fingerprint density at radius 1 is 1.29 bits per heavy atom. The maximum Gasteiger partial charge on any atom is 0.446 e. The molecule has 1 saturated carbocycles. The number of alkyl halides is 4. The predicted octanol–water partition coefficient (Wildman–Crippen LogP) is 5.02. The van der Waals surface area contributed by atoms with E-state index in [4.69, 9.17) is 4.52 Å². The first kappa shape index (κ1) is 23.0. The number of nitrogens with one attached hydrogen (secondary N) is 3. The van der Waals surface area contributed by atoms with Crippen molar-refractivity contribution in [2.45, 2.75) is 54.3 Å². The minimum Gasteiger partial charge on any atom is -0.378 e. The van der Waals surface area contributed by atoms with Crippen molar-refractivity contribution >= 4 is 44.8 Å². The van der Waals surface area contributed by atoms with E-state index in [-0.39, 0.29) is 51.1 Å². The maximum atomic E-state index is 14.4. The van der Waals surface area contributed by atoms with Gasteiger partial charge in [-0.15, -0.1) is 11.3 Å². The summed E-state index contributed by atoms with van der Waals surface area (Å²) in [6, 6.07) is 4.12. The molecule has 3 N–H and O–H groups in total. The molecule has 1 spiro atoms. The van der Waals surface area contributed by atoms with Gasteiger partial charge in [0.05, 0.1) is 26.7 Å². The van der Waals surface area contributed by atoms with Gasteiger partial charge in [-0.25, -0.2) is 4.39 Å². The maximum absolute atomic E-state index is 14.4. The summed E-state index contributed by atoms with van der Waals surface area (Å²) in [6.45, 7) is 0.882. The molecule has 2 saturated heterocycles. The number of nitrogens with zero attached hydrogens (tertiary/aromatic N) is 2. The number of thioether (sulfide) groups is 1. The number of piperidine rings is 1. The third-order valence-corrected chi connectivity index (χ3v) is 9.04. The van der Waals surface area contributed by atoms with E-state index in [2.05, 4.69) is 26.1 Å². The van der Waals surface area contributed by atoms with Crippen molar-refractivity contribution in [3.05, 3.63) is 24.1 Å². The minimum atomic E-state index is -4.53. The zero-order valence-corrected chi connectivity index (χ0v) is 19.9. The molecule has 0 unspecified atom stereocenters. The third kappa shape index (κ3) is 4.27. The van der Waals surface area contributed by atoms with Gasteiger partial charge in [0.2, 0.25) is 17.6 Å². The molecule has 7 nitrogen and oxygen atoms in total. The van der Waals surface area contributed by atoms with Crippen LogP contribution in [0.4, 0.5) is 23.2 Å². The molecule has 2 aliphatic heterocycles. The largest absolute Gasteiger partial charge is 0.446 e. The first-order chi connectivity index (χ1) is 16.7. The molecule has 3 fully saturated rings. The lowest BCUT2D eigenvalue weighted by Crippen LogP contribution is -2.45. The van der Waals surface area contributed by atoms with Crippen LogP contribution in [-0.2, 0) is 4.79 Å². The van der Waals surface area contributed by atoms with Crippen LogP contribution in [0.1, 0.15) is 37.6 Å². The molecule has 1 aromatic carbocycles. The van der Waals surface area contributed by atoms with Crippen LogP contribution in [0.2, 0.25) is 0 Å². The highest BCUT2D eigenvalue weighted by Gasteiger charge is 2.57. The molecule has 2 aromatic heterocycles. The van der Waals surface area contributed by atoms with E-state index in [1.165, 1.54) is 0 Å². The van der Waals surface area contributed by atoms with Gasteiger partial charge in [0.1, 0.15) is 12.2 Å². The number of anilines is 1. The van der Waals surface area contributed by atoms with Crippen LogP contribution in [0.15, 0.2) is 27.6 Å². The van der Waals surface area contributed by atoms with Gasteiger partial charge in [-0.1, -0.05) is 17.3 Å². The summed E-state index contributed by atoms with van der Waals surface area (Å²) in [4.78, 5) is 16.8. The molecule has 4 heterocycles. The predicted molar refractivity (Wildman–Crippen MR) is 124 cm³/mol. The van der Waals surface area contributed by atoms with Crippen molar-refractivity contribution in [2.75, 3.05) is 18.4 Å². The molecule has 1 amide bonds. The topological polar surface area (TPSA) is 92.1 Å². The SMILES string of the molecule is O=C1N[C@@H](c2nc(-c3sc4c(N[C@@H]5CCNC[C@@H]5F)cccc4c3SC(F)(F)F)no2)CC12CC2. The Morgan fingerprint density at radius 3 is 2.83 bits per heavy atom. The highest BCUT2D eigenvalue weighted by molar-refractivity contribution is 8.00. The van der Waals surface area contributed by atoms with Gasteiger partial charge in [0, 0.05) is 16.8 Å². The summed E-state index contributed by atoms with van der Waals surface area (Å²) in [7, 11) is 0. The smallest absolute Gasteiger partial charge is 0.378 e. The van der Waals surface area contributed by atoms with Crippen LogP contribution >= 0.6 is 23.1 Å². The minimum absolute atomic E-state index is 0.0234. The fourth-order valence-corrected chi connectivity index (χ4v) is 6.91. The quantitative estimate of drug-likeness (QED) is 0.317. The summed E-state index contributed by atoms with van der Waals surface area (Å²) < 4.78 is 61.0. The zero-order valence-electron chi connectivity index (χ0n) is 18.2. The van der Waals surface area contributed by atoms with Crippen LogP contribution in [0.3, 0.4) is 0 Å². The number of carbonyl (C=O) groups excluding carboxylic acids is 1. The van der Waals surface area contributed by atoms with E-state index in [1.54, 1.807) is 18.2 Å². The highest BCUT2D eigenvalue weighted by Crippen LogP contribution is 2.56. The van der Waals surface area contributed by atoms with Crippen LogP contribution in [-0.4, -0.2) is 46.9 Å². The highest BCUT2D eigenvalue weighted by atomic mass is 32.2. The van der Waals surface area contributed by atoms with Crippen molar-refractivity contribution in [2.24, 2.45) is 5.41 Å². The van der Waals surface area contributed by atoms with Gasteiger partial charge in [0.25, 0.3) is 0 Å². The Labute approximate surface area is 205 Å². The van der Waals surface area contributed by atoms with Crippen molar-refractivity contribution < 1.29 is 26.9 Å². The van der Waals surface area contributed by atoms with E-state index < -0.39 is 23.8 Å². The van der Waals surface area contributed by atoms with E-state index in [0.29, 0.717) is 35.2 Å². The zero-order chi connectivity index (χ0) is 24.4. The van der Waals surface area contributed by atoms with Crippen molar-refractivity contribution in [3.8, 4) is 10.7 Å². The molecule has 3 aliphatic rings. The molecular weight excluding hydrogens is 506 g/mol. The van der Waals surface area contributed by atoms with Crippen LogP contribution in [0, 0.1) is 5.41 Å². The number of rotatable bonds is 5. The number of amides is 1. The molecule has 0 radical (unpaired) electrons. The number of aromatic nitrogens is 2. The molecule has 6 rings (SSSR count). The van der Waals surface area contributed by atoms with Gasteiger partial charge in [0.15, 0.2) is 0 Å². The summed E-state index contributed by atoms with van der Waals surface area (Å²) in [5.41, 5.74) is -4.33. The fourth-order valence-electron chi connectivity index (χ4n) is 4.80. The average Bonchev–Trinajstić information content (AvgIpc) is 3.12. The van der Waals surface area contributed by atoms with Crippen molar-refractivity contribution in [1.29, 1.82) is 0 Å². The molecule has 3 aromatic rings. The molecule has 35 heavy (non-hydrogen) atoms. The summed E-state index contributed by atoms with van der Waals surface area (Å²) >= 11 is 0.881. The van der Waals surface area contributed by atoms with E-state index in [1.807, 2.05) is 0 Å². The molecule has 1 aliphatic carbocycles. The lowest BCUT2D eigenvalue weighted by Gasteiger charge is -2.28. The first-order valence-electron chi connectivity index (χ1n) is 11.3. The molecule has 13 heteroatoms. The second kappa shape index (κ2) is 8.34. The monoisotopic (exact) mass is 527 g/mol. The van der Waals surface area contributed by atoms with Crippen molar-refractivity contribution in [3.63, 3.8) is 0 Å². The van der Waals surface area contributed by atoms with Gasteiger partial charge in [-0.05, 0) is 50.1 Å².